The van der Waals surface area contributed by atoms with Crippen molar-refractivity contribution in [3.8, 4) is 0 Å². The van der Waals surface area contributed by atoms with E-state index in [1.165, 1.54) is 23.0 Å². The third-order valence-electron chi connectivity index (χ3n) is 3.61. The van der Waals surface area contributed by atoms with Crippen molar-refractivity contribution in [2.24, 2.45) is 0 Å². The van der Waals surface area contributed by atoms with Crippen LogP contribution in [0.1, 0.15) is 39.3 Å². The molecule has 0 saturated carbocycles. The van der Waals surface area contributed by atoms with Crippen LogP contribution in [-0.2, 0) is 9.53 Å². The smallest absolute Gasteiger partial charge is 0.307 e. The van der Waals surface area contributed by atoms with Crippen LogP contribution in [0.25, 0.3) is 5.78 Å². The normalized spacial score (nSPS) is 12.1. The number of nitrogens with one attached hydrogen (secondary N) is 1. The van der Waals surface area contributed by atoms with Gasteiger partial charge in [0.1, 0.15) is 0 Å². The van der Waals surface area contributed by atoms with Gasteiger partial charge in [0, 0.05) is 16.3 Å². The number of aromatic nitrogens is 4. The molecule has 0 aliphatic carbocycles. The minimum atomic E-state index is -0.498. The quantitative estimate of drug-likeness (QED) is 0.698. The Balaban J connectivity index is 1.86. The number of esters is 1. The molecule has 1 N–H and O–H groups in total. The van der Waals surface area contributed by atoms with Gasteiger partial charge in [-0.25, -0.2) is 9.50 Å². The fraction of sp³-hybridized carbons (Fsp3) is 0.312. The SMILES string of the molecule is COC(=O)CC(NC(=O)c1nc2nc(C)cc(C)n2n1)c1cccs1. The highest BCUT2D eigenvalue weighted by atomic mass is 32.1. The predicted octanol–water partition coefficient (Wildman–Crippen LogP) is 1.84. The van der Waals surface area contributed by atoms with Crippen molar-refractivity contribution in [3.63, 3.8) is 0 Å². The summed E-state index contributed by atoms with van der Waals surface area (Å²) in [6.45, 7) is 3.72. The van der Waals surface area contributed by atoms with E-state index in [0.717, 1.165) is 16.3 Å². The number of hydrogen-bond acceptors (Lipinski definition) is 7. The second kappa shape index (κ2) is 6.98. The Bertz CT molecular complexity index is 919. The number of carbonyl (C=O) groups excluding carboxylic acids is 2. The van der Waals surface area contributed by atoms with Crippen LogP contribution in [0.4, 0.5) is 0 Å². The summed E-state index contributed by atoms with van der Waals surface area (Å²) in [4.78, 5) is 33.5. The van der Waals surface area contributed by atoms with Gasteiger partial charge < -0.3 is 10.1 Å². The molecule has 0 aliphatic heterocycles. The monoisotopic (exact) mass is 359 g/mol. The van der Waals surface area contributed by atoms with Crippen LogP contribution in [0, 0.1) is 13.8 Å². The van der Waals surface area contributed by atoms with Gasteiger partial charge in [-0.05, 0) is 31.4 Å². The molecule has 0 bridgehead atoms. The Labute approximate surface area is 147 Å². The van der Waals surface area contributed by atoms with Crippen LogP contribution in [0.15, 0.2) is 23.6 Å². The first-order valence-electron chi connectivity index (χ1n) is 7.60. The Kier molecular flexibility index (Phi) is 4.75. The molecule has 3 heterocycles. The number of rotatable bonds is 5. The lowest BCUT2D eigenvalue weighted by Crippen LogP contribution is -2.30. The van der Waals surface area contributed by atoms with Gasteiger partial charge in [0.05, 0.1) is 19.6 Å². The van der Waals surface area contributed by atoms with E-state index in [9.17, 15) is 9.59 Å². The molecule has 8 nitrogen and oxygen atoms in total. The zero-order chi connectivity index (χ0) is 18.0. The van der Waals surface area contributed by atoms with Crippen LogP contribution in [-0.4, -0.2) is 38.6 Å². The summed E-state index contributed by atoms with van der Waals surface area (Å²) in [6.07, 6.45) is 0.0342. The van der Waals surface area contributed by atoms with E-state index in [2.05, 4.69) is 20.4 Å². The molecule has 3 aromatic rings. The van der Waals surface area contributed by atoms with E-state index in [1.54, 1.807) is 0 Å². The van der Waals surface area contributed by atoms with Crippen molar-refractivity contribution < 1.29 is 14.3 Å². The first-order valence-corrected chi connectivity index (χ1v) is 8.48. The molecular formula is C16H17N5O3S. The van der Waals surface area contributed by atoms with Crippen LogP contribution < -0.4 is 5.32 Å². The number of amides is 1. The first kappa shape index (κ1) is 17.0. The number of aryl methyl sites for hydroxylation is 2. The molecule has 3 aromatic heterocycles. The fourth-order valence-corrected chi connectivity index (χ4v) is 3.23. The zero-order valence-corrected chi connectivity index (χ0v) is 14.8. The first-order chi connectivity index (χ1) is 12.0. The molecule has 9 heteroatoms. The molecular weight excluding hydrogens is 342 g/mol. The second-order valence-corrected chi connectivity index (χ2v) is 6.49. The summed E-state index contributed by atoms with van der Waals surface area (Å²) in [6, 6.07) is 5.07. The van der Waals surface area contributed by atoms with E-state index < -0.39 is 17.9 Å². The van der Waals surface area contributed by atoms with Gasteiger partial charge in [-0.2, -0.15) is 4.98 Å². The molecule has 0 aromatic carbocycles. The van der Waals surface area contributed by atoms with Crippen molar-refractivity contribution in [2.45, 2.75) is 26.3 Å². The minimum Gasteiger partial charge on any atom is -0.469 e. The van der Waals surface area contributed by atoms with Crippen molar-refractivity contribution in [3.05, 3.63) is 45.7 Å². The Morgan fingerprint density at radius 2 is 2.16 bits per heavy atom. The van der Waals surface area contributed by atoms with Gasteiger partial charge in [0.2, 0.25) is 5.82 Å². The number of carbonyl (C=O) groups is 2. The molecule has 0 fully saturated rings. The fourth-order valence-electron chi connectivity index (χ4n) is 2.45. The van der Waals surface area contributed by atoms with Crippen molar-refractivity contribution in [2.75, 3.05) is 7.11 Å². The van der Waals surface area contributed by atoms with Gasteiger partial charge in [0.25, 0.3) is 11.7 Å². The number of methoxy groups -OCH3 is 1. The van der Waals surface area contributed by atoms with E-state index in [4.69, 9.17) is 4.74 Å². The Morgan fingerprint density at radius 3 is 2.84 bits per heavy atom. The molecule has 130 valence electrons. The molecule has 0 radical (unpaired) electrons. The zero-order valence-electron chi connectivity index (χ0n) is 14.0. The van der Waals surface area contributed by atoms with Gasteiger partial charge in [-0.15, -0.1) is 16.4 Å². The van der Waals surface area contributed by atoms with Crippen LogP contribution in [0.5, 0.6) is 0 Å². The molecule has 3 rings (SSSR count). The van der Waals surface area contributed by atoms with Gasteiger partial charge in [-0.1, -0.05) is 6.07 Å². The van der Waals surface area contributed by atoms with E-state index in [-0.39, 0.29) is 12.2 Å². The number of hydrogen-bond donors (Lipinski definition) is 1. The molecule has 1 amide bonds. The summed E-state index contributed by atoms with van der Waals surface area (Å²) in [5.74, 6) is -0.504. The third-order valence-corrected chi connectivity index (χ3v) is 4.60. The summed E-state index contributed by atoms with van der Waals surface area (Å²) < 4.78 is 6.23. The molecule has 1 atom stereocenters. The maximum atomic E-state index is 12.6. The summed E-state index contributed by atoms with van der Waals surface area (Å²) >= 11 is 1.45. The maximum absolute atomic E-state index is 12.6. The van der Waals surface area contributed by atoms with E-state index in [1.807, 2.05) is 37.4 Å². The third kappa shape index (κ3) is 3.66. The van der Waals surface area contributed by atoms with Crippen molar-refractivity contribution >= 4 is 29.0 Å². The van der Waals surface area contributed by atoms with Crippen LogP contribution in [0.3, 0.4) is 0 Å². The van der Waals surface area contributed by atoms with Gasteiger partial charge in [0.15, 0.2) is 0 Å². The molecule has 0 aliphatic rings. The second-order valence-electron chi connectivity index (χ2n) is 5.51. The maximum Gasteiger partial charge on any atom is 0.307 e. The predicted molar refractivity (Wildman–Crippen MR) is 91.4 cm³/mol. The number of fused-ring (bicyclic) bond motifs is 1. The van der Waals surface area contributed by atoms with Crippen LogP contribution in [0.2, 0.25) is 0 Å². The molecule has 0 saturated heterocycles. The number of ether oxygens (including phenoxy) is 1. The lowest BCUT2D eigenvalue weighted by atomic mass is 10.1. The lowest BCUT2D eigenvalue weighted by Gasteiger charge is -2.15. The highest BCUT2D eigenvalue weighted by Crippen LogP contribution is 2.22. The minimum absolute atomic E-state index is 0.00706. The van der Waals surface area contributed by atoms with E-state index >= 15 is 0 Å². The average Bonchev–Trinajstić information content (AvgIpc) is 3.23. The van der Waals surface area contributed by atoms with Crippen molar-refractivity contribution in [1.29, 1.82) is 0 Å². The molecule has 1 unspecified atom stereocenters. The Hall–Kier alpha value is -2.81. The summed E-state index contributed by atoms with van der Waals surface area (Å²) in [7, 11) is 1.32. The average molecular weight is 359 g/mol. The molecule has 0 spiro atoms. The van der Waals surface area contributed by atoms with Gasteiger partial charge in [-0.3, -0.25) is 9.59 Å². The number of thiophene rings is 1. The van der Waals surface area contributed by atoms with E-state index in [0.29, 0.717) is 5.78 Å². The molecule has 25 heavy (non-hydrogen) atoms. The largest absolute Gasteiger partial charge is 0.469 e. The lowest BCUT2D eigenvalue weighted by molar-refractivity contribution is -0.141. The van der Waals surface area contributed by atoms with Gasteiger partial charge >= 0.3 is 5.97 Å². The van der Waals surface area contributed by atoms with Crippen molar-refractivity contribution in [1.82, 2.24) is 24.9 Å². The summed E-state index contributed by atoms with van der Waals surface area (Å²) in [5, 5.41) is 8.89. The highest BCUT2D eigenvalue weighted by molar-refractivity contribution is 7.10. The standard InChI is InChI=1S/C16H17N5O3S/c1-9-7-10(2)21-16(17-9)19-14(20-21)15(23)18-11(8-13(22)24-3)12-5-4-6-25-12/h4-7,11H,8H2,1-3H3,(H,18,23). The topological polar surface area (TPSA) is 98.5 Å². The summed E-state index contributed by atoms with van der Waals surface area (Å²) in [5.41, 5.74) is 1.63. The Morgan fingerprint density at radius 1 is 1.36 bits per heavy atom. The highest BCUT2D eigenvalue weighted by Gasteiger charge is 2.23. The van der Waals surface area contributed by atoms with Crippen LogP contribution >= 0.6 is 11.3 Å². The number of nitrogens with zero attached hydrogens (tertiary/aromatic N) is 4.